The number of methoxy groups -OCH3 is 3. The molecule has 1 N–H and O–H groups in total. The van der Waals surface area contributed by atoms with Gasteiger partial charge >= 0.3 is 0 Å². The summed E-state index contributed by atoms with van der Waals surface area (Å²) in [6.45, 7) is 0.793. The van der Waals surface area contributed by atoms with E-state index in [0.717, 1.165) is 24.4 Å². The van der Waals surface area contributed by atoms with Gasteiger partial charge in [0.2, 0.25) is 5.75 Å². The largest absolute Gasteiger partial charge is 0.493 e. The predicted octanol–water partition coefficient (Wildman–Crippen LogP) is 4.77. The highest BCUT2D eigenvalue weighted by atomic mass is 35.5. The molecule has 2 aromatic rings. The highest BCUT2D eigenvalue weighted by Crippen LogP contribution is 2.38. The Balaban J connectivity index is 1.65. The average molecular weight is 416 g/mol. The topological polar surface area (TPSA) is 56.8 Å². The van der Waals surface area contributed by atoms with E-state index >= 15 is 0 Å². The van der Waals surface area contributed by atoms with Gasteiger partial charge in [-0.15, -0.1) is 0 Å². The van der Waals surface area contributed by atoms with Gasteiger partial charge in [0, 0.05) is 29.6 Å². The first kappa shape index (κ1) is 21.2. The Morgan fingerprint density at radius 1 is 1.07 bits per heavy atom. The molecule has 0 radical (unpaired) electrons. The molecule has 0 spiro atoms. The lowest BCUT2D eigenvalue weighted by Crippen LogP contribution is -2.33. The Hall–Kier alpha value is -2.50. The van der Waals surface area contributed by atoms with Crippen molar-refractivity contribution in [3.8, 4) is 17.2 Å². The van der Waals surface area contributed by atoms with Gasteiger partial charge in [-0.1, -0.05) is 29.8 Å². The fourth-order valence-corrected chi connectivity index (χ4v) is 3.69. The number of carbonyl (C=O) groups excluding carboxylic acids is 1. The monoisotopic (exact) mass is 415 g/mol. The number of ether oxygens (including phenoxy) is 3. The van der Waals surface area contributed by atoms with E-state index in [4.69, 9.17) is 25.8 Å². The van der Waals surface area contributed by atoms with Gasteiger partial charge in [-0.3, -0.25) is 4.79 Å². The molecule has 6 heteroatoms. The zero-order valence-corrected chi connectivity index (χ0v) is 17.7. The van der Waals surface area contributed by atoms with Crippen molar-refractivity contribution in [2.24, 2.45) is 0 Å². The predicted molar refractivity (Wildman–Crippen MR) is 115 cm³/mol. The van der Waals surface area contributed by atoms with Crippen LogP contribution in [-0.2, 0) is 0 Å². The van der Waals surface area contributed by atoms with Crippen molar-refractivity contribution in [2.45, 2.75) is 25.3 Å². The first-order valence-electron chi connectivity index (χ1n) is 9.57. The van der Waals surface area contributed by atoms with Crippen molar-refractivity contribution in [1.29, 1.82) is 0 Å². The molecule has 0 aliphatic carbocycles. The molecule has 0 bridgehead atoms. The summed E-state index contributed by atoms with van der Waals surface area (Å²) in [4.78, 5) is 12.8. The normalized spacial score (nSPS) is 16.1. The number of hydrogen-bond donors (Lipinski definition) is 1. The maximum absolute atomic E-state index is 12.8. The van der Waals surface area contributed by atoms with Crippen molar-refractivity contribution in [3.05, 3.63) is 58.6 Å². The quantitative estimate of drug-likeness (QED) is 0.629. The van der Waals surface area contributed by atoms with Crippen LogP contribution in [0.2, 0.25) is 5.02 Å². The molecule has 1 atom stereocenters. The Bertz CT molecular complexity index is 867. The van der Waals surface area contributed by atoms with E-state index in [1.54, 1.807) is 33.5 Å². The summed E-state index contributed by atoms with van der Waals surface area (Å²) in [6, 6.07) is 11.5. The Morgan fingerprint density at radius 2 is 1.72 bits per heavy atom. The van der Waals surface area contributed by atoms with Gasteiger partial charge < -0.3 is 19.5 Å². The standard InChI is InChI=1S/C23H26ClNO4/c1-27-21-13-17(14-22(28-2)23(21)29-3)20(26)9-8-19-12-16(10-11-25-19)15-4-6-18(24)7-5-15/h4-7,10,13-14,19,25H,8-9,11-12H2,1-3H3. The van der Waals surface area contributed by atoms with Crippen LogP contribution < -0.4 is 19.5 Å². The van der Waals surface area contributed by atoms with Crippen LogP contribution in [0.5, 0.6) is 17.2 Å². The fourth-order valence-electron chi connectivity index (χ4n) is 3.57. The van der Waals surface area contributed by atoms with Crippen molar-refractivity contribution in [1.82, 2.24) is 5.32 Å². The van der Waals surface area contributed by atoms with E-state index in [1.165, 1.54) is 11.1 Å². The lowest BCUT2D eigenvalue weighted by molar-refractivity contribution is 0.0975. The van der Waals surface area contributed by atoms with Crippen LogP contribution in [0.15, 0.2) is 42.5 Å². The van der Waals surface area contributed by atoms with E-state index < -0.39 is 0 Å². The van der Waals surface area contributed by atoms with Crippen molar-refractivity contribution in [2.75, 3.05) is 27.9 Å². The number of nitrogens with one attached hydrogen (secondary N) is 1. The van der Waals surface area contributed by atoms with Crippen molar-refractivity contribution in [3.63, 3.8) is 0 Å². The molecule has 0 aromatic heterocycles. The molecule has 154 valence electrons. The van der Waals surface area contributed by atoms with Crippen LogP contribution in [0.1, 0.15) is 35.2 Å². The molecule has 5 nitrogen and oxygen atoms in total. The van der Waals surface area contributed by atoms with Crippen LogP contribution in [0.3, 0.4) is 0 Å². The number of carbonyl (C=O) groups is 1. The maximum atomic E-state index is 12.8. The van der Waals surface area contributed by atoms with Gasteiger partial charge in [0.1, 0.15) is 0 Å². The molecule has 0 saturated carbocycles. The second kappa shape index (κ2) is 9.81. The van der Waals surface area contributed by atoms with E-state index in [-0.39, 0.29) is 11.8 Å². The van der Waals surface area contributed by atoms with E-state index in [2.05, 4.69) is 11.4 Å². The van der Waals surface area contributed by atoms with Gasteiger partial charge in [0.25, 0.3) is 0 Å². The summed E-state index contributed by atoms with van der Waals surface area (Å²) in [5.74, 6) is 1.50. The van der Waals surface area contributed by atoms with Crippen LogP contribution in [0.25, 0.3) is 5.57 Å². The second-order valence-corrected chi connectivity index (χ2v) is 7.36. The SMILES string of the molecule is COc1cc(C(=O)CCC2CC(c3ccc(Cl)cc3)=CCN2)cc(OC)c1OC. The third-order valence-corrected chi connectivity index (χ3v) is 5.39. The van der Waals surface area contributed by atoms with E-state index in [0.29, 0.717) is 29.2 Å². The van der Waals surface area contributed by atoms with Crippen LogP contribution in [0, 0.1) is 0 Å². The molecule has 1 aliphatic rings. The lowest BCUT2D eigenvalue weighted by atomic mass is 9.92. The minimum absolute atomic E-state index is 0.0497. The van der Waals surface area contributed by atoms with Crippen LogP contribution in [-0.4, -0.2) is 39.7 Å². The zero-order chi connectivity index (χ0) is 20.8. The Morgan fingerprint density at radius 3 is 2.31 bits per heavy atom. The highest BCUT2D eigenvalue weighted by Gasteiger charge is 2.20. The molecule has 1 unspecified atom stereocenters. The average Bonchev–Trinajstić information content (AvgIpc) is 2.77. The molecule has 3 rings (SSSR count). The van der Waals surface area contributed by atoms with Gasteiger partial charge in [-0.25, -0.2) is 0 Å². The number of benzene rings is 2. The number of hydrogen-bond acceptors (Lipinski definition) is 5. The smallest absolute Gasteiger partial charge is 0.203 e. The molecule has 1 aliphatic heterocycles. The molecule has 1 heterocycles. The summed E-state index contributed by atoms with van der Waals surface area (Å²) < 4.78 is 16.0. The maximum Gasteiger partial charge on any atom is 0.203 e. The van der Waals surface area contributed by atoms with E-state index in [1.807, 2.05) is 24.3 Å². The molecular formula is C23H26ClNO4. The molecule has 0 saturated heterocycles. The molecule has 0 amide bonds. The molecule has 29 heavy (non-hydrogen) atoms. The first-order chi connectivity index (χ1) is 14.0. The summed E-state index contributed by atoms with van der Waals surface area (Å²) in [5, 5.41) is 4.21. The van der Waals surface area contributed by atoms with Crippen LogP contribution in [0.4, 0.5) is 0 Å². The van der Waals surface area contributed by atoms with Crippen LogP contribution >= 0.6 is 11.6 Å². The van der Waals surface area contributed by atoms with E-state index in [9.17, 15) is 4.79 Å². The molecular weight excluding hydrogens is 390 g/mol. The summed E-state index contributed by atoms with van der Waals surface area (Å²) in [5.41, 5.74) is 3.02. The second-order valence-electron chi connectivity index (χ2n) is 6.92. The van der Waals surface area contributed by atoms with Gasteiger partial charge in [0.15, 0.2) is 17.3 Å². The summed E-state index contributed by atoms with van der Waals surface area (Å²) in [6.07, 6.45) is 4.26. The minimum atomic E-state index is 0.0497. The van der Waals surface area contributed by atoms with Gasteiger partial charge in [-0.05, 0) is 48.2 Å². The lowest BCUT2D eigenvalue weighted by Gasteiger charge is -2.24. The zero-order valence-electron chi connectivity index (χ0n) is 17.0. The minimum Gasteiger partial charge on any atom is -0.493 e. The number of rotatable bonds is 8. The third-order valence-electron chi connectivity index (χ3n) is 5.14. The summed E-state index contributed by atoms with van der Waals surface area (Å²) >= 11 is 5.99. The molecule has 2 aromatic carbocycles. The Labute approximate surface area is 176 Å². The molecule has 0 fully saturated rings. The van der Waals surface area contributed by atoms with Crippen molar-refractivity contribution < 1.29 is 19.0 Å². The van der Waals surface area contributed by atoms with Gasteiger partial charge in [0.05, 0.1) is 21.3 Å². The highest BCUT2D eigenvalue weighted by molar-refractivity contribution is 6.30. The number of Topliss-reactive ketones (excluding diaryl/α,β-unsaturated/α-hetero) is 1. The first-order valence-corrected chi connectivity index (χ1v) is 9.95. The number of ketones is 1. The third kappa shape index (κ3) is 5.11. The summed E-state index contributed by atoms with van der Waals surface area (Å²) in [7, 11) is 4.63. The fraction of sp³-hybridized carbons (Fsp3) is 0.348. The Kier molecular flexibility index (Phi) is 7.18. The number of halogens is 1. The van der Waals surface area contributed by atoms with Gasteiger partial charge in [-0.2, -0.15) is 0 Å². The van der Waals surface area contributed by atoms with Crippen molar-refractivity contribution >= 4 is 23.0 Å².